The van der Waals surface area contributed by atoms with Crippen molar-refractivity contribution in [1.29, 1.82) is 0 Å². The Morgan fingerprint density at radius 1 is 1.48 bits per heavy atom. The minimum atomic E-state index is 0.161. The molecule has 3 rings (SSSR count). The van der Waals surface area contributed by atoms with Gasteiger partial charge < -0.3 is 10.2 Å². The van der Waals surface area contributed by atoms with Gasteiger partial charge in [0.2, 0.25) is 5.91 Å². The first kappa shape index (κ1) is 16.1. The fourth-order valence-electron chi connectivity index (χ4n) is 2.86. The minimum absolute atomic E-state index is 0.161. The predicted octanol–water partition coefficient (Wildman–Crippen LogP) is 1.75. The van der Waals surface area contributed by atoms with Crippen LogP contribution in [0.15, 0.2) is 42.0 Å². The minimum Gasteiger partial charge on any atom is -0.340 e. The lowest BCUT2D eigenvalue weighted by atomic mass is 10.1. The summed E-state index contributed by atoms with van der Waals surface area (Å²) in [4.78, 5) is 22.1. The number of hydrogen-bond acceptors (Lipinski definition) is 5. The van der Waals surface area contributed by atoms with Crippen LogP contribution in [0.5, 0.6) is 0 Å². The summed E-state index contributed by atoms with van der Waals surface area (Å²) in [5.41, 5.74) is 1.16. The van der Waals surface area contributed by atoms with E-state index >= 15 is 0 Å². The van der Waals surface area contributed by atoms with Crippen molar-refractivity contribution in [2.24, 2.45) is 0 Å². The Labute approximate surface area is 140 Å². The monoisotopic (exact) mass is 330 g/mol. The van der Waals surface area contributed by atoms with Gasteiger partial charge in [0.25, 0.3) is 0 Å². The largest absolute Gasteiger partial charge is 0.340 e. The molecule has 1 unspecified atom stereocenters. The Morgan fingerprint density at radius 2 is 2.39 bits per heavy atom. The average molecular weight is 330 g/mol. The summed E-state index contributed by atoms with van der Waals surface area (Å²) in [6.45, 7) is 3.77. The van der Waals surface area contributed by atoms with E-state index in [0.717, 1.165) is 25.2 Å². The van der Waals surface area contributed by atoms with Crippen molar-refractivity contribution in [3.8, 4) is 0 Å². The van der Waals surface area contributed by atoms with Gasteiger partial charge in [-0.25, -0.2) is 0 Å². The van der Waals surface area contributed by atoms with E-state index in [2.05, 4.69) is 27.3 Å². The summed E-state index contributed by atoms with van der Waals surface area (Å²) in [5.74, 6) is 0.161. The summed E-state index contributed by atoms with van der Waals surface area (Å²) in [7, 11) is 1.88. The number of rotatable bonds is 5. The molecule has 3 heterocycles. The molecule has 23 heavy (non-hydrogen) atoms. The SMILES string of the molecule is CN(Cc1cccs1)C(=O)CN1CCNCC1c1cccnc1. The molecule has 1 saturated heterocycles. The Kier molecular flexibility index (Phi) is 5.38. The molecule has 0 aliphatic carbocycles. The quantitative estimate of drug-likeness (QED) is 0.907. The van der Waals surface area contributed by atoms with Crippen molar-refractivity contribution in [1.82, 2.24) is 20.1 Å². The van der Waals surface area contributed by atoms with Crippen molar-refractivity contribution >= 4 is 17.2 Å². The van der Waals surface area contributed by atoms with E-state index < -0.39 is 0 Å². The van der Waals surface area contributed by atoms with Crippen molar-refractivity contribution < 1.29 is 4.79 Å². The van der Waals surface area contributed by atoms with Gasteiger partial charge in [-0.2, -0.15) is 0 Å². The Hall–Kier alpha value is -1.76. The Balaban J connectivity index is 1.63. The number of nitrogens with one attached hydrogen (secondary N) is 1. The molecule has 0 aromatic carbocycles. The van der Waals surface area contributed by atoms with Gasteiger partial charge in [-0.3, -0.25) is 14.7 Å². The van der Waals surface area contributed by atoms with Crippen molar-refractivity contribution in [3.05, 3.63) is 52.5 Å². The highest BCUT2D eigenvalue weighted by molar-refractivity contribution is 7.09. The molecule has 6 heteroatoms. The van der Waals surface area contributed by atoms with E-state index in [-0.39, 0.29) is 11.9 Å². The third kappa shape index (κ3) is 4.16. The van der Waals surface area contributed by atoms with Crippen LogP contribution in [-0.4, -0.2) is 53.9 Å². The van der Waals surface area contributed by atoms with E-state index in [4.69, 9.17) is 0 Å². The topological polar surface area (TPSA) is 48.5 Å². The predicted molar refractivity (Wildman–Crippen MR) is 92.2 cm³/mol. The van der Waals surface area contributed by atoms with Crippen LogP contribution in [0.25, 0.3) is 0 Å². The van der Waals surface area contributed by atoms with Gasteiger partial charge in [0.1, 0.15) is 0 Å². The fourth-order valence-corrected chi connectivity index (χ4v) is 3.61. The van der Waals surface area contributed by atoms with E-state index in [9.17, 15) is 4.79 Å². The standard InChI is InChI=1S/C17H22N4OS/c1-20(12-15-5-3-9-23-15)17(22)13-21-8-7-19-11-16(21)14-4-2-6-18-10-14/h2-6,9-10,16,19H,7-8,11-13H2,1H3. The normalized spacial score (nSPS) is 18.7. The molecule has 1 fully saturated rings. The first-order chi connectivity index (χ1) is 11.2. The highest BCUT2D eigenvalue weighted by Gasteiger charge is 2.26. The summed E-state index contributed by atoms with van der Waals surface area (Å²) >= 11 is 1.69. The molecule has 1 aliphatic heterocycles. The van der Waals surface area contributed by atoms with Crippen LogP contribution in [0.3, 0.4) is 0 Å². The summed E-state index contributed by atoms with van der Waals surface area (Å²) in [5, 5.41) is 5.45. The second kappa shape index (κ2) is 7.68. The molecule has 2 aromatic rings. The molecular weight excluding hydrogens is 308 g/mol. The number of amides is 1. The number of carbonyl (C=O) groups excluding carboxylic acids is 1. The number of likely N-dealkylation sites (N-methyl/N-ethyl adjacent to an activating group) is 1. The van der Waals surface area contributed by atoms with E-state index in [1.54, 1.807) is 17.5 Å². The maximum absolute atomic E-state index is 12.6. The van der Waals surface area contributed by atoms with Gasteiger partial charge in [0.15, 0.2) is 0 Å². The molecular formula is C17H22N4OS. The molecule has 0 saturated carbocycles. The number of carbonyl (C=O) groups is 1. The van der Waals surface area contributed by atoms with Gasteiger partial charge in [-0.05, 0) is 23.1 Å². The highest BCUT2D eigenvalue weighted by Crippen LogP contribution is 2.21. The number of thiophene rings is 1. The zero-order valence-electron chi connectivity index (χ0n) is 13.3. The third-order valence-electron chi connectivity index (χ3n) is 4.16. The summed E-state index contributed by atoms with van der Waals surface area (Å²) in [6.07, 6.45) is 3.68. The van der Waals surface area contributed by atoms with Gasteiger partial charge in [-0.1, -0.05) is 12.1 Å². The van der Waals surface area contributed by atoms with E-state index in [1.165, 1.54) is 4.88 Å². The zero-order valence-corrected chi connectivity index (χ0v) is 14.1. The average Bonchev–Trinajstić information content (AvgIpc) is 3.09. The van der Waals surface area contributed by atoms with Crippen LogP contribution < -0.4 is 5.32 Å². The van der Waals surface area contributed by atoms with Crippen LogP contribution in [0.1, 0.15) is 16.5 Å². The Morgan fingerprint density at radius 3 is 3.13 bits per heavy atom. The molecule has 122 valence electrons. The molecule has 1 amide bonds. The number of pyridine rings is 1. The maximum Gasteiger partial charge on any atom is 0.236 e. The lowest BCUT2D eigenvalue weighted by molar-refractivity contribution is -0.132. The van der Waals surface area contributed by atoms with E-state index in [1.807, 2.05) is 35.7 Å². The highest BCUT2D eigenvalue weighted by atomic mass is 32.1. The lowest BCUT2D eigenvalue weighted by Gasteiger charge is -2.36. The van der Waals surface area contributed by atoms with Crippen LogP contribution in [0.4, 0.5) is 0 Å². The van der Waals surface area contributed by atoms with Crippen LogP contribution in [-0.2, 0) is 11.3 Å². The van der Waals surface area contributed by atoms with Gasteiger partial charge in [0, 0.05) is 50.0 Å². The van der Waals surface area contributed by atoms with Crippen LogP contribution in [0.2, 0.25) is 0 Å². The van der Waals surface area contributed by atoms with Crippen molar-refractivity contribution in [2.45, 2.75) is 12.6 Å². The first-order valence-electron chi connectivity index (χ1n) is 7.85. The molecule has 2 aromatic heterocycles. The number of aromatic nitrogens is 1. The number of nitrogens with zero attached hydrogens (tertiary/aromatic N) is 3. The third-order valence-corrected chi connectivity index (χ3v) is 5.02. The first-order valence-corrected chi connectivity index (χ1v) is 8.73. The molecule has 5 nitrogen and oxygen atoms in total. The molecule has 1 N–H and O–H groups in total. The molecule has 0 spiro atoms. The van der Waals surface area contributed by atoms with Crippen LogP contribution >= 0.6 is 11.3 Å². The molecule has 0 bridgehead atoms. The summed E-state index contributed by atoms with van der Waals surface area (Å²) < 4.78 is 0. The summed E-state index contributed by atoms with van der Waals surface area (Å²) in [6, 6.07) is 8.33. The molecule has 1 atom stereocenters. The second-order valence-corrected chi connectivity index (χ2v) is 6.84. The fraction of sp³-hybridized carbons (Fsp3) is 0.412. The second-order valence-electron chi connectivity index (χ2n) is 5.81. The van der Waals surface area contributed by atoms with Gasteiger partial charge >= 0.3 is 0 Å². The van der Waals surface area contributed by atoms with Crippen molar-refractivity contribution in [2.75, 3.05) is 33.2 Å². The van der Waals surface area contributed by atoms with Crippen molar-refractivity contribution in [3.63, 3.8) is 0 Å². The maximum atomic E-state index is 12.6. The molecule has 0 radical (unpaired) electrons. The van der Waals surface area contributed by atoms with Gasteiger partial charge in [-0.15, -0.1) is 11.3 Å². The zero-order chi connectivity index (χ0) is 16.1. The van der Waals surface area contributed by atoms with Crippen LogP contribution in [0, 0.1) is 0 Å². The lowest BCUT2D eigenvalue weighted by Crippen LogP contribution is -2.49. The molecule has 1 aliphatic rings. The number of hydrogen-bond donors (Lipinski definition) is 1. The number of piperazine rings is 1. The Bertz CT molecular complexity index is 617. The van der Waals surface area contributed by atoms with Gasteiger partial charge in [0.05, 0.1) is 13.1 Å². The smallest absolute Gasteiger partial charge is 0.236 e. The van der Waals surface area contributed by atoms with E-state index in [0.29, 0.717) is 13.1 Å².